The molecule has 1 N–H and O–H groups in total. The third-order valence-electron chi connectivity index (χ3n) is 3.76. The highest BCUT2D eigenvalue weighted by Gasteiger charge is 2.19. The Labute approximate surface area is 160 Å². The van der Waals surface area contributed by atoms with E-state index in [0.29, 0.717) is 27.5 Å². The van der Waals surface area contributed by atoms with Gasteiger partial charge in [0.2, 0.25) is 0 Å². The van der Waals surface area contributed by atoms with Crippen molar-refractivity contribution in [3.63, 3.8) is 0 Å². The van der Waals surface area contributed by atoms with Crippen molar-refractivity contribution in [1.29, 1.82) is 5.26 Å². The molecule has 2 heterocycles. The topological polar surface area (TPSA) is 110 Å². The fraction of sp³-hybridized carbons (Fsp3) is 0.333. The number of hydrogen-bond acceptors (Lipinski definition) is 7. The summed E-state index contributed by atoms with van der Waals surface area (Å²) in [4.78, 5) is 35.8. The Hall–Kier alpha value is -3.12. The molecular weight excluding hydrogens is 370 g/mol. The van der Waals surface area contributed by atoms with Crippen molar-refractivity contribution in [2.45, 2.75) is 27.3 Å². The molecule has 0 bridgehead atoms. The predicted molar refractivity (Wildman–Crippen MR) is 98.5 cm³/mol. The van der Waals surface area contributed by atoms with Gasteiger partial charge in [-0.15, -0.1) is 11.3 Å². The number of hydrogen-bond donors (Lipinski definition) is 1. The van der Waals surface area contributed by atoms with Crippen molar-refractivity contribution < 1.29 is 23.9 Å². The molecule has 0 aromatic carbocycles. The number of amides is 1. The highest BCUT2D eigenvalue weighted by atomic mass is 32.1. The number of thiophene rings is 1. The van der Waals surface area contributed by atoms with Gasteiger partial charge in [0.25, 0.3) is 5.91 Å². The minimum absolute atomic E-state index is 0.132. The van der Waals surface area contributed by atoms with Crippen LogP contribution in [-0.2, 0) is 25.6 Å². The van der Waals surface area contributed by atoms with Crippen LogP contribution in [0.25, 0.3) is 0 Å². The maximum absolute atomic E-state index is 12.1. The minimum atomic E-state index is -0.617. The summed E-state index contributed by atoms with van der Waals surface area (Å²) in [6, 6.07) is 5.19. The number of nitriles is 1. The first kappa shape index (κ1) is 20.2. The smallest absolute Gasteiger partial charge is 0.339 e. The van der Waals surface area contributed by atoms with Crippen LogP contribution >= 0.6 is 11.3 Å². The van der Waals surface area contributed by atoms with Crippen LogP contribution in [0.2, 0.25) is 0 Å². The predicted octanol–water partition coefficient (Wildman–Crippen LogP) is 2.40. The zero-order chi connectivity index (χ0) is 20.0. The van der Waals surface area contributed by atoms with E-state index < -0.39 is 24.5 Å². The SMILES string of the molecule is CCOC(=O)c1cc(C)n(CC(=O)OCC(=O)Nc2sccc2C#N)c1C. The molecule has 27 heavy (non-hydrogen) atoms. The zero-order valence-electron chi connectivity index (χ0n) is 15.2. The van der Waals surface area contributed by atoms with E-state index >= 15 is 0 Å². The molecule has 2 aromatic heterocycles. The van der Waals surface area contributed by atoms with E-state index in [9.17, 15) is 14.4 Å². The number of aromatic nitrogens is 1. The summed E-state index contributed by atoms with van der Waals surface area (Å²) < 4.78 is 11.6. The quantitative estimate of drug-likeness (QED) is 0.728. The molecule has 0 fully saturated rings. The van der Waals surface area contributed by atoms with Crippen molar-refractivity contribution in [3.05, 3.63) is 40.0 Å². The molecule has 2 rings (SSSR count). The van der Waals surface area contributed by atoms with Crippen molar-refractivity contribution in [1.82, 2.24) is 4.57 Å². The Morgan fingerprint density at radius 2 is 2.04 bits per heavy atom. The molecule has 0 aliphatic heterocycles. The van der Waals surface area contributed by atoms with Crippen LogP contribution in [0.1, 0.15) is 34.2 Å². The van der Waals surface area contributed by atoms with Gasteiger partial charge in [-0.1, -0.05) is 0 Å². The van der Waals surface area contributed by atoms with Crippen LogP contribution in [0.4, 0.5) is 5.00 Å². The van der Waals surface area contributed by atoms with Crippen LogP contribution < -0.4 is 5.32 Å². The molecule has 0 spiro atoms. The number of anilines is 1. The maximum Gasteiger partial charge on any atom is 0.339 e. The third kappa shape index (κ3) is 4.95. The van der Waals surface area contributed by atoms with Crippen molar-refractivity contribution in [2.75, 3.05) is 18.5 Å². The van der Waals surface area contributed by atoms with Gasteiger partial charge >= 0.3 is 11.9 Å². The second-order valence-corrected chi connectivity index (χ2v) is 6.49. The highest BCUT2D eigenvalue weighted by molar-refractivity contribution is 7.14. The van der Waals surface area contributed by atoms with Crippen molar-refractivity contribution in [3.8, 4) is 6.07 Å². The van der Waals surface area contributed by atoms with E-state index in [1.54, 1.807) is 42.9 Å². The largest absolute Gasteiger partial charge is 0.462 e. The highest BCUT2D eigenvalue weighted by Crippen LogP contribution is 2.22. The Morgan fingerprint density at radius 3 is 2.70 bits per heavy atom. The number of ether oxygens (including phenoxy) is 2. The molecular formula is C18H19N3O5S. The van der Waals surface area contributed by atoms with Crippen LogP contribution in [0.3, 0.4) is 0 Å². The van der Waals surface area contributed by atoms with Gasteiger partial charge in [-0.2, -0.15) is 5.26 Å². The van der Waals surface area contributed by atoms with Crippen molar-refractivity contribution in [2.24, 2.45) is 0 Å². The van der Waals surface area contributed by atoms with E-state index in [4.69, 9.17) is 14.7 Å². The van der Waals surface area contributed by atoms with E-state index in [1.165, 1.54) is 11.3 Å². The number of aryl methyl sites for hydroxylation is 1. The normalized spacial score (nSPS) is 10.1. The van der Waals surface area contributed by atoms with Crippen LogP contribution in [-0.4, -0.2) is 35.6 Å². The number of esters is 2. The molecule has 2 aromatic rings. The van der Waals surface area contributed by atoms with Crippen LogP contribution in [0.15, 0.2) is 17.5 Å². The summed E-state index contributed by atoms with van der Waals surface area (Å²) in [5.74, 6) is -1.60. The van der Waals surface area contributed by atoms with Gasteiger partial charge in [0, 0.05) is 11.4 Å². The lowest BCUT2D eigenvalue weighted by Crippen LogP contribution is -2.23. The van der Waals surface area contributed by atoms with E-state index in [0.717, 1.165) is 0 Å². The molecule has 8 nitrogen and oxygen atoms in total. The van der Waals surface area contributed by atoms with Crippen molar-refractivity contribution >= 4 is 34.2 Å². The number of nitrogens with one attached hydrogen (secondary N) is 1. The summed E-state index contributed by atoms with van der Waals surface area (Å²) >= 11 is 1.21. The van der Waals surface area contributed by atoms with E-state index in [1.807, 2.05) is 6.07 Å². The summed E-state index contributed by atoms with van der Waals surface area (Å²) in [6.45, 7) is 4.85. The first-order chi connectivity index (χ1) is 12.9. The lowest BCUT2D eigenvalue weighted by molar-refractivity contribution is -0.147. The summed E-state index contributed by atoms with van der Waals surface area (Å²) in [7, 11) is 0. The van der Waals surface area contributed by atoms with E-state index in [2.05, 4.69) is 5.32 Å². The fourth-order valence-electron chi connectivity index (χ4n) is 2.44. The van der Waals surface area contributed by atoms with Gasteiger partial charge in [-0.25, -0.2) is 4.79 Å². The monoisotopic (exact) mass is 389 g/mol. The number of carbonyl (C=O) groups excluding carboxylic acids is 3. The van der Waals surface area contributed by atoms with Gasteiger partial charge in [0.05, 0.1) is 17.7 Å². The summed E-state index contributed by atoms with van der Waals surface area (Å²) in [5, 5.41) is 13.5. The number of carbonyl (C=O) groups is 3. The lowest BCUT2D eigenvalue weighted by Gasteiger charge is -2.10. The minimum Gasteiger partial charge on any atom is -0.462 e. The van der Waals surface area contributed by atoms with Gasteiger partial charge in [-0.05, 0) is 38.3 Å². The summed E-state index contributed by atoms with van der Waals surface area (Å²) in [5.41, 5.74) is 2.03. The van der Waals surface area contributed by atoms with Crippen LogP contribution in [0.5, 0.6) is 0 Å². The molecule has 142 valence electrons. The van der Waals surface area contributed by atoms with Gasteiger partial charge < -0.3 is 19.4 Å². The molecule has 0 atom stereocenters. The fourth-order valence-corrected chi connectivity index (χ4v) is 3.19. The Bertz CT molecular complexity index is 907. The molecule has 0 saturated carbocycles. The van der Waals surface area contributed by atoms with E-state index in [-0.39, 0.29) is 13.2 Å². The first-order valence-corrected chi connectivity index (χ1v) is 9.02. The second kappa shape index (κ2) is 9.00. The molecule has 0 radical (unpaired) electrons. The average Bonchev–Trinajstić information content (AvgIpc) is 3.19. The number of rotatable bonds is 7. The zero-order valence-corrected chi connectivity index (χ0v) is 16.0. The second-order valence-electron chi connectivity index (χ2n) is 5.58. The van der Waals surface area contributed by atoms with Gasteiger partial charge in [-0.3, -0.25) is 9.59 Å². The Kier molecular flexibility index (Phi) is 6.73. The molecule has 9 heteroatoms. The number of nitrogens with zero attached hydrogens (tertiary/aromatic N) is 2. The maximum atomic E-state index is 12.1. The van der Waals surface area contributed by atoms with Crippen LogP contribution in [0, 0.1) is 25.2 Å². The van der Waals surface area contributed by atoms with Gasteiger partial charge in [0.1, 0.15) is 17.6 Å². The Morgan fingerprint density at radius 1 is 1.30 bits per heavy atom. The summed E-state index contributed by atoms with van der Waals surface area (Å²) in [6.07, 6.45) is 0. The Balaban J connectivity index is 1.93. The third-order valence-corrected chi connectivity index (χ3v) is 4.59. The molecule has 1 amide bonds. The molecule has 0 unspecified atom stereocenters. The first-order valence-electron chi connectivity index (χ1n) is 8.14. The van der Waals surface area contributed by atoms with Gasteiger partial charge in [0.15, 0.2) is 6.61 Å². The molecule has 0 aliphatic rings. The standard InChI is InChI=1S/C18H19N3O5S/c1-4-25-18(24)14-7-11(2)21(12(14)3)9-16(23)26-10-15(22)20-17-13(8-19)5-6-27-17/h5-7H,4,9-10H2,1-3H3,(H,20,22). The molecule has 0 saturated heterocycles. The molecule has 0 aliphatic carbocycles. The average molecular weight is 389 g/mol. The lowest BCUT2D eigenvalue weighted by atomic mass is 10.2.